The largest absolute Gasteiger partial charge is 0.464 e. The Morgan fingerprint density at radius 2 is 1.83 bits per heavy atom. The highest BCUT2D eigenvalue weighted by molar-refractivity contribution is 5.37. The van der Waals surface area contributed by atoms with E-state index in [1.807, 2.05) is 0 Å². The standard InChI is InChI=1S/C11H20O2.C9H8F2/c1-8(2)10-5-4-9(3)6-11(10)13-7-12;10-8-4-3-7(5-9(8)11)6-1-2-6/h7-11H,4-6H2,1-3H3;3-6H,1-2H2. The Labute approximate surface area is 143 Å². The zero-order chi connectivity index (χ0) is 17.7. The van der Waals surface area contributed by atoms with Crippen LogP contribution in [0.15, 0.2) is 18.2 Å². The Morgan fingerprint density at radius 3 is 2.38 bits per heavy atom. The summed E-state index contributed by atoms with van der Waals surface area (Å²) in [6, 6.07) is 4.16. The molecule has 2 saturated carbocycles. The van der Waals surface area contributed by atoms with E-state index >= 15 is 0 Å². The van der Waals surface area contributed by atoms with Gasteiger partial charge in [0.25, 0.3) is 6.47 Å². The summed E-state index contributed by atoms with van der Waals surface area (Å²) >= 11 is 0. The topological polar surface area (TPSA) is 26.3 Å². The first-order valence-electron chi connectivity index (χ1n) is 8.96. The van der Waals surface area contributed by atoms with Crippen molar-refractivity contribution < 1.29 is 18.3 Å². The van der Waals surface area contributed by atoms with E-state index in [2.05, 4.69) is 20.8 Å². The van der Waals surface area contributed by atoms with Crippen LogP contribution in [0.5, 0.6) is 0 Å². The van der Waals surface area contributed by atoms with Crippen molar-refractivity contribution in [2.75, 3.05) is 0 Å². The van der Waals surface area contributed by atoms with E-state index in [9.17, 15) is 13.6 Å². The van der Waals surface area contributed by atoms with Crippen molar-refractivity contribution in [3.63, 3.8) is 0 Å². The van der Waals surface area contributed by atoms with Crippen LogP contribution in [0, 0.1) is 29.4 Å². The Balaban J connectivity index is 0.000000175. The van der Waals surface area contributed by atoms with Gasteiger partial charge in [0.2, 0.25) is 0 Å². The molecule has 1 aromatic carbocycles. The van der Waals surface area contributed by atoms with Crippen molar-refractivity contribution in [1.29, 1.82) is 0 Å². The van der Waals surface area contributed by atoms with Crippen LogP contribution in [-0.2, 0) is 9.53 Å². The number of benzene rings is 1. The molecule has 0 spiro atoms. The number of hydrogen-bond acceptors (Lipinski definition) is 2. The van der Waals surface area contributed by atoms with Crippen molar-refractivity contribution in [3.8, 4) is 0 Å². The molecule has 24 heavy (non-hydrogen) atoms. The molecule has 0 N–H and O–H groups in total. The van der Waals surface area contributed by atoms with Crippen LogP contribution in [0.3, 0.4) is 0 Å². The molecule has 4 heteroatoms. The molecule has 0 amide bonds. The van der Waals surface area contributed by atoms with E-state index in [-0.39, 0.29) is 6.10 Å². The summed E-state index contributed by atoms with van der Waals surface area (Å²) in [5.74, 6) is 0.910. The summed E-state index contributed by atoms with van der Waals surface area (Å²) in [4.78, 5) is 10.3. The highest BCUT2D eigenvalue weighted by Crippen LogP contribution is 2.40. The summed E-state index contributed by atoms with van der Waals surface area (Å²) in [5.41, 5.74) is 0.934. The molecular formula is C20H28F2O2. The summed E-state index contributed by atoms with van der Waals surface area (Å²) in [6.07, 6.45) is 5.93. The molecule has 0 aliphatic heterocycles. The lowest BCUT2D eigenvalue weighted by molar-refractivity contribution is -0.140. The molecule has 0 bridgehead atoms. The molecule has 0 aromatic heterocycles. The highest BCUT2D eigenvalue weighted by Gasteiger charge is 2.31. The first-order valence-corrected chi connectivity index (χ1v) is 8.96. The molecule has 1 aromatic rings. The first-order chi connectivity index (χ1) is 11.4. The Hall–Kier alpha value is -1.45. The van der Waals surface area contributed by atoms with Crippen LogP contribution >= 0.6 is 0 Å². The number of halogens is 2. The molecule has 2 aliphatic carbocycles. The fourth-order valence-electron chi connectivity index (χ4n) is 3.53. The highest BCUT2D eigenvalue weighted by atomic mass is 19.2. The average molecular weight is 338 g/mol. The number of carbonyl (C=O) groups is 1. The number of rotatable bonds is 4. The zero-order valence-corrected chi connectivity index (χ0v) is 14.8. The normalized spacial score (nSPS) is 26.5. The van der Waals surface area contributed by atoms with Gasteiger partial charge in [-0.15, -0.1) is 0 Å². The van der Waals surface area contributed by atoms with Crippen LogP contribution in [-0.4, -0.2) is 12.6 Å². The van der Waals surface area contributed by atoms with Gasteiger partial charge < -0.3 is 4.74 Å². The van der Waals surface area contributed by atoms with Gasteiger partial charge in [0.15, 0.2) is 11.6 Å². The van der Waals surface area contributed by atoms with Crippen molar-refractivity contribution in [2.45, 2.75) is 64.9 Å². The fourth-order valence-corrected chi connectivity index (χ4v) is 3.53. The Bertz CT molecular complexity index is 540. The molecule has 3 unspecified atom stereocenters. The first kappa shape index (κ1) is 18.9. The molecule has 134 valence electrons. The maximum absolute atomic E-state index is 12.6. The number of hydrogen-bond donors (Lipinski definition) is 0. The molecular weight excluding hydrogens is 310 g/mol. The Kier molecular flexibility index (Phi) is 6.76. The zero-order valence-electron chi connectivity index (χ0n) is 14.8. The summed E-state index contributed by atoms with van der Waals surface area (Å²) in [7, 11) is 0. The second-order valence-electron chi connectivity index (χ2n) is 7.54. The molecule has 2 fully saturated rings. The SMILES string of the molecule is CC1CCC(C(C)C)C(OC=O)C1.Fc1ccc(C2CC2)cc1F. The van der Waals surface area contributed by atoms with Gasteiger partial charge in [-0.3, -0.25) is 4.79 Å². The van der Waals surface area contributed by atoms with Gasteiger partial charge in [-0.05, 0) is 67.1 Å². The molecule has 3 rings (SSSR count). The van der Waals surface area contributed by atoms with Crippen LogP contribution in [0.4, 0.5) is 8.78 Å². The van der Waals surface area contributed by atoms with Crippen molar-refractivity contribution in [3.05, 3.63) is 35.4 Å². The lowest BCUT2D eigenvalue weighted by Gasteiger charge is -2.35. The maximum Gasteiger partial charge on any atom is 0.293 e. The number of carbonyl (C=O) groups excluding carboxylic acids is 1. The third-order valence-corrected chi connectivity index (χ3v) is 5.18. The van der Waals surface area contributed by atoms with Crippen LogP contribution in [0.1, 0.15) is 64.4 Å². The second kappa shape index (κ2) is 8.59. The van der Waals surface area contributed by atoms with E-state index in [1.54, 1.807) is 6.07 Å². The van der Waals surface area contributed by atoms with Gasteiger partial charge in [0.05, 0.1) is 0 Å². The third-order valence-electron chi connectivity index (χ3n) is 5.18. The molecule has 0 saturated heterocycles. The van der Waals surface area contributed by atoms with Crippen molar-refractivity contribution >= 4 is 6.47 Å². The van der Waals surface area contributed by atoms with E-state index in [1.165, 1.54) is 25.0 Å². The average Bonchev–Trinajstić information content (AvgIpc) is 3.36. The monoisotopic (exact) mass is 338 g/mol. The summed E-state index contributed by atoms with van der Waals surface area (Å²) < 4.78 is 30.1. The van der Waals surface area contributed by atoms with E-state index in [4.69, 9.17) is 4.74 Å². The van der Waals surface area contributed by atoms with Gasteiger partial charge in [-0.25, -0.2) is 8.78 Å². The fraction of sp³-hybridized carbons (Fsp3) is 0.650. The third kappa shape index (κ3) is 5.29. The van der Waals surface area contributed by atoms with Gasteiger partial charge in [-0.1, -0.05) is 33.3 Å². The van der Waals surface area contributed by atoms with Gasteiger partial charge in [0.1, 0.15) is 6.10 Å². The predicted octanol–water partition coefficient (Wildman–Crippen LogP) is 5.46. The number of ether oxygens (including phenoxy) is 1. The predicted molar refractivity (Wildman–Crippen MR) is 90.6 cm³/mol. The molecule has 2 nitrogen and oxygen atoms in total. The van der Waals surface area contributed by atoms with E-state index < -0.39 is 11.6 Å². The van der Waals surface area contributed by atoms with Gasteiger partial charge in [0, 0.05) is 0 Å². The van der Waals surface area contributed by atoms with Crippen molar-refractivity contribution in [1.82, 2.24) is 0 Å². The van der Waals surface area contributed by atoms with Crippen LogP contribution in [0.25, 0.3) is 0 Å². The van der Waals surface area contributed by atoms with Crippen LogP contribution in [0.2, 0.25) is 0 Å². The minimum absolute atomic E-state index is 0.168. The van der Waals surface area contributed by atoms with E-state index in [0.717, 1.165) is 24.8 Å². The molecule has 0 heterocycles. The quantitative estimate of drug-likeness (QED) is 0.681. The minimum atomic E-state index is -0.755. The Morgan fingerprint density at radius 1 is 1.12 bits per heavy atom. The lowest BCUT2D eigenvalue weighted by Crippen LogP contribution is -2.33. The molecule has 2 aliphatic rings. The van der Waals surface area contributed by atoms with Gasteiger partial charge >= 0.3 is 0 Å². The lowest BCUT2D eigenvalue weighted by atomic mass is 9.75. The van der Waals surface area contributed by atoms with Gasteiger partial charge in [-0.2, -0.15) is 0 Å². The smallest absolute Gasteiger partial charge is 0.293 e. The molecule has 3 atom stereocenters. The summed E-state index contributed by atoms with van der Waals surface area (Å²) in [5, 5.41) is 0. The molecule has 0 radical (unpaired) electrons. The maximum atomic E-state index is 12.6. The summed E-state index contributed by atoms with van der Waals surface area (Å²) in [6.45, 7) is 7.26. The second-order valence-corrected chi connectivity index (χ2v) is 7.54. The van der Waals surface area contributed by atoms with Crippen molar-refractivity contribution in [2.24, 2.45) is 17.8 Å². The van der Waals surface area contributed by atoms with Crippen LogP contribution < -0.4 is 0 Å². The van der Waals surface area contributed by atoms with E-state index in [0.29, 0.717) is 30.1 Å². The minimum Gasteiger partial charge on any atom is -0.464 e.